The summed E-state index contributed by atoms with van der Waals surface area (Å²) in [7, 11) is 1.65. The Morgan fingerprint density at radius 2 is 1.71 bits per heavy atom. The van der Waals surface area contributed by atoms with Gasteiger partial charge in [-0.05, 0) is 30.7 Å². The zero-order valence-corrected chi connectivity index (χ0v) is 12.5. The number of halogens is 1. The molecule has 0 fully saturated rings. The molecule has 0 heterocycles. The fourth-order valence-electron chi connectivity index (χ4n) is 2.12. The number of rotatable bonds is 3. The highest BCUT2D eigenvalue weighted by molar-refractivity contribution is 6.31. The number of benzene rings is 2. The van der Waals surface area contributed by atoms with E-state index in [0.29, 0.717) is 5.02 Å². The number of aromatic hydroxyl groups is 2. The van der Waals surface area contributed by atoms with Gasteiger partial charge in [0.15, 0.2) is 0 Å². The van der Waals surface area contributed by atoms with Crippen LogP contribution < -0.4 is 0 Å². The molecule has 0 bridgehead atoms. The van der Waals surface area contributed by atoms with E-state index in [1.54, 1.807) is 13.1 Å². The Morgan fingerprint density at radius 1 is 1.14 bits per heavy atom. The number of carbonyl (C=O) groups is 1. The van der Waals surface area contributed by atoms with Crippen molar-refractivity contribution < 1.29 is 15.0 Å². The Labute approximate surface area is 128 Å². The van der Waals surface area contributed by atoms with E-state index >= 15 is 0 Å². The summed E-state index contributed by atoms with van der Waals surface area (Å²) in [6.07, 6.45) is 0. The first kappa shape index (κ1) is 15.2. The van der Waals surface area contributed by atoms with Crippen LogP contribution in [-0.4, -0.2) is 28.1 Å². The largest absolute Gasteiger partial charge is 0.508 e. The molecule has 0 spiro atoms. The third kappa shape index (κ3) is 3.28. The molecule has 0 aromatic heterocycles. The maximum Gasteiger partial charge on any atom is 0.254 e. The Bertz CT molecular complexity index is 652. The summed E-state index contributed by atoms with van der Waals surface area (Å²) in [5, 5.41) is 19.5. The van der Waals surface area contributed by atoms with Crippen molar-refractivity contribution in [1.29, 1.82) is 0 Å². The van der Waals surface area contributed by atoms with Crippen LogP contribution >= 0.6 is 11.6 Å². The summed E-state index contributed by atoms with van der Waals surface area (Å²) in [6, 6.07) is 10.9. The third-order valence-electron chi connectivity index (χ3n) is 3.41. The number of carbonyl (C=O) groups excluding carboxylic acids is 1. The van der Waals surface area contributed by atoms with E-state index in [2.05, 4.69) is 0 Å². The molecular formula is C16H16ClNO3. The van der Waals surface area contributed by atoms with Gasteiger partial charge in [-0.15, -0.1) is 0 Å². The molecule has 1 unspecified atom stereocenters. The number of hydrogen-bond donors (Lipinski definition) is 2. The topological polar surface area (TPSA) is 60.8 Å². The summed E-state index contributed by atoms with van der Waals surface area (Å²) in [6.45, 7) is 1.86. The molecule has 4 nitrogen and oxygen atoms in total. The van der Waals surface area contributed by atoms with Gasteiger partial charge in [0.1, 0.15) is 11.5 Å². The standard InChI is InChI=1S/C16H16ClNO3/c1-10(14-5-3-4-6-15(14)17)18(2)16(21)11-7-12(19)9-13(20)8-11/h3-10,19-20H,1-2H3. The quantitative estimate of drug-likeness (QED) is 0.911. The van der Waals surface area contributed by atoms with Gasteiger partial charge < -0.3 is 15.1 Å². The Kier molecular flexibility index (Phi) is 4.38. The third-order valence-corrected chi connectivity index (χ3v) is 3.75. The second-order valence-corrected chi connectivity index (χ2v) is 5.26. The molecule has 0 radical (unpaired) electrons. The Morgan fingerprint density at radius 3 is 2.29 bits per heavy atom. The summed E-state index contributed by atoms with van der Waals surface area (Å²) in [4.78, 5) is 13.9. The van der Waals surface area contributed by atoms with Gasteiger partial charge in [-0.3, -0.25) is 4.79 Å². The van der Waals surface area contributed by atoms with Crippen molar-refractivity contribution in [3.8, 4) is 11.5 Å². The van der Waals surface area contributed by atoms with E-state index in [1.807, 2.05) is 25.1 Å². The zero-order valence-electron chi connectivity index (χ0n) is 11.7. The van der Waals surface area contributed by atoms with Crippen LogP contribution in [-0.2, 0) is 0 Å². The molecule has 21 heavy (non-hydrogen) atoms. The lowest BCUT2D eigenvalue weighted by atomic mass is 10.1. The molecule has 0 aliphatic rings. The van der Waals surface area contributed by atoms with E-state index in [0.717, 1.165) is 5.56 Å². The number of nitrogens with zero attached hydrogens (tertiary/aromatic N) is 1. The molecule has 2 N–H and O–H groups in total. The molecule has 5 heteroatoms. The maximum absolute atomic E-state index is 12.4. The molecule has 0 aliphatic carbocycles. The molecule has 2 aromatic rings. The number of hydrogen-bond acceptors (Lipinski definition) is 3. The van der Waals surface area contributed by atoms with Gasteiger partial charge in [-0.25, -0.2) is 0 Å². The SMILES string of the molecule is CC(c1ccccc1Cl)N(C)C(=O)c1cc(O)cc(O)c1. The lowest BCUT2D eigenvalue weighted by Gasteiger charge is -2.26. The van der Waals surface area contributed by atoms with Crippen LogP contribution in [0.25, 0.3) is 0 Å². The molecule has 0 aliphatic heterocycles. The van der Waals surface area contributed by atoms with Crippen LogP contribution in [0.4, 0.5) is 0 Å². The van der Waals surface area contributed by atoms with Crippen molar-refractivity contribution in [2.24, 2.45) is 0 Å². The first-order chi connectivity index (χ1) is 9.90. The number of phenolic OH excluding ortho intramolecular Hbond substituents is 2. The Hall–Kier alpha value is -2.20. The van der Waals surface area contributed by atoms with Crippen LogP contribution in [0.1, 0.15) is 28.9 Å². The fourth-order valence-corrected chi connectivity index (χ4v) is 2.41. The molecule has 1 amide bonds. The first-order valence-corrected chi connectivity index (χ1v) is 6.82. The summed E-state index contributed by atoms with van der Waals surface area (Å²) >= 11 is 6.15. The van der Waals surface area contributed by atoms with Gasteiger partial charge in [0.05, 0.1) is 6.04 Å². The Balaban J connectivity index is 2.28. The van der Waals surface area contributed by atoms with Crippen molar-refractivity contribution in [3.05, 3.63) is 58.6 Å². The van der Waals surface area contributed by atoms with Gasteiger partial charge in [-0.2, -0.15) is 0 Å². The zero-order chi connectivity index (χ0) is 15.6. The minimum Gasteiger partial charge on any atom is -0.508 e. The van der Waals surface area contributed by atoms with E-state index in [1.165, 1.54) is 23.1 Å². The van der Waals surface area contributed by atoms with Gasteiger partial charge in [0.25, 0.3) is 5.91 Å². The second-order valence-electron chi connectivity index (χ2n) is 4.85. The van der Waals surface area contributed by atoms with Gasteiger partial charge in [-0.1, -0.05) is 29.8 Å². The highest BCUT2D eigenvalue weighted by atomic mass is 35.5. The van der Waals surface area contributed by atoms with E-state index in [4.69, 9.17) is 11.6 Å². The summed E-state index contributed by atoms with van der Waals surface area (Å²) in [5.41, 5.74) is 1.05. The molecule has 1 atom stereocenters. The van der Waals surface area contributed by atoms with Gasteiger partial charge in [0, 0.05) is 23.7 Å². The molecule has 2 rings (SSSR count). The van der Waals surface area contributed by atoms with Crippen molar-refractivity contribution in [2.45, 2.75) is 13.0 Å². The van der Waals surface area contributed by atoms with E-state index < -0.39 is 0 Å². The minimum absolute atomic E-state index is 0.155. The van der Waals surface area contributed by atoms with Crippen molar-refractivity contribution in [3.63, 3.8) is 0 Å². The molecule has 0 saturated heterocycles. The number of amides is 1. The highest BCUT2D eigenvalue weighted by Gasteiger charge is 2.21. The minimum atomic E-state index is -0.311. The smallest absolute Gasteiger partial charge is 0.254 e. The molecule has 0 saturated carbocycles. The predicted molar refractivity (Wildman–Crippen MR) is 81.7 cm³/mol. The van der Waals surface area contributed by atoms with Crippen LogP contribution in [0.5, 0.6) is 11.5 Å². The van der Waals surface area contributed by atoms with Gasteiger partial charge >= 0.3 is 0 Å². The van der Waals surface area contributed by atoms with Crippen LogP contribution in [0.15, 0.2) is 42.5 Å². The summed E-state index contributed by atoms with van der Waals surface area (Å²) in [5.74, 6) is -0.622. The maximum atomic E-state index is 12.4. The van der Waals surface area contributed by atoms with Gasteiger partial charge in [0.2, 0.25) is 0 Å². The van der Waals surface area contributed by atoms with Crippen molar-refractivity contribution >= 4 is 17.5 Å². The van der Waals surface area contributed by atoms with Crippen molar-refractivity contribution in [1.82, 2.24) is 4.90 Å². The second kappa shape index (κ2) is 6.06. The number of phenols is 2. The van der Waals surface area contributed by atoms with Crippen LogP contribution in [0.2, 0.25) is 5.02 Å². The highest BCUT2D eigenvalue weighted by Crippen LogP contribution is 2.28. The average Bonchev–Trinajstić information content (AvgIpc) is 2.44. The molecule has 110 valence electrons. The van der Waals surface area contributed by atoms with E-state index in [9.17, 15) is 15.0 Å². The lowest BCUT2D eigenvalue weighted by Crippen LogP contribution is -2.29. The first-order valence-electron chi connectivity index (χ1n) is 6.44. The summed E-state index contributed by atoms with van der Waals surface area (Å²) < 4.78 is 0. The fraction of sp³-hybridized carbons (Fsp3) is 0.188. The lowest BCUT2D eigenvalue weighted by molar-refractivity contribution is 0.0742. The van der Waals surface area contributed by atoms with Crippen molar-refractivity contribution in [2.75, 3.05) is 7.05 Å². The predicted octanol–water partition coefficient (Wildman–Crippen LogP) is 3.58. The van der Waals surface area contributed by atoms with Crippen LogP contribution in [0, 0.1) is 0 Å². The van der Waals surface area contributed by atoms with E-state index in [-0.39, 0.29) is 29.0 Å². The monoisotopic (exact) mass is 305 g/mol. The molecule has 2 aromatic carbocycles. The normalized spacial score (nSPS) is 12.0. The molecular weight excluding hydrogens is 290 g/mol. The van der Waals surface area contributed by atoms with Crippen LogP contribution in [0.3, 0.4) is 0 Å². The average molecular weight is 306 g/mol.